The number of aliphatic imine (C=N–C) groups is 1. The van der Waals surface area contributed by atoms with E-state index in [4.69, 9.17) is 0 Å². The van der Waals surface area contributed by atoms with Crippen LogP contribution >= 0.6 is 0 Å². The molecule has 0 saturated heterocycles. The first-order valence-electron chi connectivity index (χ1n) is 3.49. The Morgan fingerprint density at radius 1 is 1.60 bits per heavy atom. The van der Waals surface area contributed by atoms with Crippen molar-refractivity contribution in [3.8, 4) is 0 Å². The fourth-order valence-electron chi connectivity index (χ4n) is 0.740. The van der Waals surface area contributed by atoms with Gasteiger partial charge in [0, 0.05) is 5.70 Å². The lowest BCUT2D eigenvalue weighted by Crippen LogP contribution is -1.88. The highest BCUT2D eigenvalue weighted by molar-refractivity contribution is 5.30. The summed E-state index contributed by atoms with van der Waals surface area (Å²) in [5, 5.41) is 0. The van der Waals surface area contributed by atoms with Gasteiger partial charge in [0.1, 0.15) is 0 Å². The van der Waals surface area contributed by atoms with E-state index in [0.717, 1.165) is 12.1 Å². The third-order valence-corrected chi connectivity index (χ3v) is 1.13. The van der Waals surface area contributed by atoms with Crippen LogP contribution < -0.4 is 0 Å². The van der Waals surface area contributed by atoms with Gasteiger partial charge in [0.25, 0.3) is 0 Å². The molecular formula is C9H15N. The summed E-state index contributed by atoms with van der Waals surface area (Å²) in [7, 11) is 0. The fraction of sp³-hybridized carbons (Fsp3) is 0.444. The van der Waals surface area contributed by atoms with E-state index in [1.165, 1.54) is 0 Å². The molecule has 0 atom stereocenters. The summed E-state index contributed by atoms with van der Waals surface area (Å²) >= 11 is 0. The average Bonchev–Trinajstić information content (AvgIpc) is 1.86. The maximum absolute atomic E-state index is 3.86. The maximum Gasteiger partial charge on any atom is 0.0398 e. The summed E-state index contributed by atoms with van der Waals surface area (Å²) < 4.78 is 0. The minimum atomic E-state index is 0.636. The van der Waals surface area contributed by atoms with Gasteiger partial charge in [-0.25, -0.2) is 0 Å². The number of hydrogen-bond donors (Lipinski definition) is 0. The number of nitrogens with zero attached hydrogens (tertiary/aromatic N) is 1. The Bertz CT molecular complexity index is 143. The fourth-order valence-corrected chi connectivity index (χ4v) is 0.740. The summed E-state index contributed by atoms with van der Waals surface area (Å²) in [5.41, 5.74) is 1.02. The van der Waals surface area contributed by atoms with Crippen molar-refractivity contribution in [1.82, 2.24) is 0 Å². The van der Waals surface area contributed by atoms with Gasteiger partial charge in [-0.15, -0.1) is 0 Å². The molecule has 0 aliphatic carbocycles. The van der Waals surface area contributed by atoms with Gasteiger partial charge in [-0.2, -0.15) is 0 Å². The molecule has 0 heterocycles. The molecule has 1 nitrogen and oxygen atoms in total. The van der Waals surface area contributed by atoms with E-state index in [2.05, 4.69) is 32.1 Å². The van der Waals surface area contributed by atoms with Crippen LogP contribution in [-0.2, 0) is 0 Å². The van der Waals surface area contributed by atoms with Crippen LogP contribution in [0.5, 0.6) is 0 Å². The second-order valence-electron chi connectivity index (χ2n) is 2.65. The van der Waals surface area contributed by atoms with Crippen molar-refractivity contribution in [2.75, 3.05) is 0 Å². The number of hydrogen-bond acceptors (Lipinski definition) is 1. The first kappa shape index (κ1) is 9.15. The molecule has 10 heavy (non-hydrogen) atoms. The molecule has 0 spiro atoms. The van der Waals surface area contributed by atoms with Crippen molar-refractivity contribution in [1.29, 1.82) is 0 Å². The Balaban J connectivity index is 3.95. The lowest BCUT2D eigenvalue weighted by atomic mass is 10.1. The summed E-state index contributed by atoms with van der Waals surface area (Å²) in [4.78, 5) is 3.86. The molecule has 0 saturated carbocycles. The molecule has 0 rings (SSSR count). The van der Waals surface area contributed by atoms with E-state index < -0.39 is 0 Å². The van der Waals surface area contributed by atoms with Gasteiger partial charge < -0.3 is 0 Å². The third kappa shape index (κ3) is 4.07. The zero-order valence-corrected chi connectivity index (χ0v) is 6.80. The normalized spacial score (nSPS) is 11.7. The standard InChI is InChI=1S/C9H15N/c1-5-6-9(10-4)7-8(2)3/h5-6,8H,1,4,7H2,2-3H3/b9-6-. The second kappa shape index (κ2) is 4.98. The molecule has 0 aliphatic rings. The molecule has 0 radical (unpaired) electrons. The summed E-state index contributed by atoms with van der Waals surface area (Å²) in [6.45, 7) is 11.4. The molecule has 0 N–H and O–H groups in total. The van der Waals surface area contributed by atoms with Crippen molar-refractivity contribution >= 4 is 6.72 Å². The summed E-state index contributed by atoms with van der Waals surface area (Å²) in [6.07, 6.45) is 4.62. The largest absolute Gasteiger partial charge is 0.269 e. The van der Waals surface area contributed by atoms with Gasteiger partial charge in [-0.05, 0) is 25.1 Å². The highest BCUT2D eigenvalue weighted by atomic mass is 14.7. The lowest BCUT2D eigenvalue weighted by molar-refractivity contribution is 0.639. The highest BCUT2D eigenvalue weighted by Gasteiger charge is 1.95. The Labute approximate surface area is 63.2 Å². The van der Waals surface area contributed by atoms with Crippen LogP contribution in [0.4, 0.5) is 0 Å². The van der Waals surface area contributed by atoms with Crippen molar-refractivity contribution < 1.29 is 0 Å². The molecule has 0 bridgehead atoms. The Morgan fingerprint density at radius 2 is 2.20 bits per heavy atom. The lowest BCUT2D eigenvalue weighted by Gasteiger charge is -2.02. The Hall–Kier alpha value is -0.850. The van der Waals surface area contributed by atoms with Crippen LogP contribution in [0.3, 0.4) is 0 Å². The highest BCUT2D eigenvalue weighted by Crippen LogP contribution is 2.10. The van der Waals surface area contributed by atoms with Crippen LogP contribution in [0.25, 0.3) is 0 Å². The molecular weight excluding hydrogens is 122 g/mol. The van der Waals surface area contributed by atoms with E-state index >= 15 is 0 Å². The molecule has 56 valence electrons. The van der Waals surface area contributed by atoms with Gasteiger partial charge >= 0.3 is 0 Å². The Morgan fingerprint density at radius 3 is 2.50 bits per heavy atom. The quantitative estimate of drug-likeness (QED) is 0.417. The second-order valence-corrected chi connectivity index (χ2v) is 2.65. The van der Waals surface area contributed by atoms with Gasteiger partial charge in [0.05, 0.1) is 0 Å². The molecule has 0 aliphatic heterocycles. The third-order valence-electron chi connectivity index (χ3n) is 1.13. The van der Waals surface area contributed by atoms with E-state index in [0.29, 0.717) is 5.92 Å². The minimum Gasteiger partial charge on any atom is -0.269 e. The van der Waals surface area contributed by atoms with Crippen molar-refractivity contribution in [2.45, 2.75) is 20.3 Å². The molecule has 0 aromatic heterocycles. The van der Waals surface area contributed by atoms with Gasteiger partial charge in [0.2, 0.25) is 0 Å². The summed E-state index contributed by atoms with van der Waals surface area (Å²) in [5.74, 6) is 0.636. The molecule has 0 aromatic rings. The number of allylic oxidation sites excluding steroid dienone is 3. The maximum atomic E-state index is 3.86. The van der Waals surface area contributed by atoms with E-state index in [1.807, 2.05) is 6.08 Å². The first-order chi connectivity index (χ1) is 4.70. The minimum absolute atomic E-state index is 0.636. The number of rotatable bonds is 4. The Kier molecular flexibility index (Phi) is 4.55. The van der Waals surface area contributed by atoms with Crippen LogP contribution in [-0.4, -0.2) is 6.72 Å². The first-order valence-corrected chi connectivity index (χ1v) is 3.49. The van der Waals surface area contributed by atoms with Crippen molar-refractivity contribution in [3.05, 3.63) is 24.4 Å². The molecule has 0 aromatic carbocycles. The van der Waals surface area contributed by atoms with Gasteiger partial charge in [-0.1, -0.05) is 26.5 Å². The van der Waals surface area contributed by atoms with Crippen molar-refractivity contribution in [3.63, 3.8) is 0 Å². The van der Waals surface area contributed by atoms with Crippen molar-refractivity contribution in [2.24, 2.45) is 10.9 Å². The zero-order valence-electron chi connectivity index (χ0n) is 6.80. The van der Waals surface area contributed by atoms with Crippen LogP contribution in [0.2, 0.25) is 0 Å². The SMILES string of the molecule is C=C/C=C(/CC(C)C)N=C. The predicted octanol–water partition coefficient (Wildman–Crippen LogP) is 2.80. The molecule has 1 heteroatoms. The van der Waals surface area contributed by atoms with Crippen LogP contribution in [0.15, 0.2) is 29.4 Å². The van der Waals surface area contributed by atoms with Gasteiger partial charge in [0.15, 0.2) is 0 Å². The smallest absolute Gasteiger partial charge is 0.0398 e. The van der Waals surface area contributed by atoms with Crippen LogP contribution in [0.1, 0.15) is 20.3 Å². The monoisotopic (exact) mass is 137 g/mol. The zero-order chi connectivity index (χ0) is 7.98. The van der Waals surface area contributed by atoms with E-state index in [-0.39, 0.29) is 0 Å². The van der Waals surface area contributed by atoms with E-state index in [1.54, 1.807) is 6.08 Å². The van der Waals surface area contributed by atoms with E-state index in [9.17, 15) is 0 Å². The summed E-state index contributed by atoms with van der Waals surface area (Å²) in [6, 6.07) is 0. The molecule has 0 fully saturated rings. The van der Waals surface area contributed by atoms with Gasteiger partial charge in [-0.3, -0.25) is 4.99 Å². The van der Waals surface area contributed by atoms with Crippen LogP contribution in [0, 0.1) is 5.92 Å². The average molecular weight is 137 g/mol. The molecule has 0 unspecified atom stereocenters. The predicted molar refractivity (Wildman–Crippen MR) is 47.3 cm³/mol. The molecule has 0 amide bonds. The topological polar surface area (TPSA) is 12.4 Å².